The summed E-state index contributed by atoms with van der Waals surface area (Å²) in [7, 11) is 0.421. The van der Waals surface area contributed by atoms with Crippen LogP contribution in [0.25, 0.3) is 10.9 Å². The maximum Gasteiger partial charge on any atom is 0.268 e. The standard InChI is InChI=1S/C22H28N2O2S2/c1-16(2)18-10-12-19(13-11-18)28(25,26)24-17(3)22(27-15-14-23(4)5)20-8-6-7-9-21(20)24/h6-13,16H,14-15H2,1-5H3. The van der Waals surface area contributed by atoms with Crippen molar-refractivity contribution in [2.75, 3.05) is 26.4 Å². The van der Waals surface area contributed by atoms with Crippen molar-refractivity contribution in [3.05, 3.63) is 59.8 Å². The quantitative estimate of drug-likeness (QED) is 0.510. The van der Waals surface area contributed by atoms with Crippen LogP contribution < -0.4 is 0 Å². The smallest absolute Gasteiger partial charge is 0.268 e. The third-order valence-electron chi connectivity index (χ3n) is 4.87. The fourth-order valence-electron chi connectivity index (χ4n) is 3.26. The molecular formula is C22H28N2O2S2. The van der Waals surface area contributed by atoms with Gasteiger partial charge in [-0.25, -0.2) is 12.4 Å². The van der Waals surface area contributed by atoms with Gasteiger partial charge in [-0.2, -0.15) is 0 Å². The molecule has 0 saturated heterocycles. The molecule has 0 amide bonds. The van der Waals surface area contributed by atoms with Crippen molar-refractivity contribution in [2.45, 2.75) is 36.5 Å². The normalized spacial score (nSPS) is 12.4. The van der Waals surface area contributed by atoms with Gasteiger partial charge < -0.3 is 4.90 Å². The molecule has 4 nitrogen and oxygen atoms in total. The van der Waals surface area contributed by atoms with Crippen molar-refractivity contribution in [3.8, 4) is 0 Å². The highest BCUT2D eigenvalue weighted by atomic mass is 32.2. The van der Waals surface area contributed by atoms with E-state index in [1.54, 1.807) is 23.9 Å². The fourth-order valence-corrected chi connectivity index (χ4v) is 6.17. The molecule has 0 aliphatic heterocycles. The van der Waals surface area contributed by atoms with Gasteiger partial charge in [0.25, 0.3) is 10.0 Å². The summed E-state index contributed by atoms with van der Waals surface area (Å²) in [4.78, 5) is 3.50. The Bertz CT molecular complexity index is 1070. The summed E-state index contributed by atoms with van der Waals surface area (Å²) in [5, 5.41) is 0.992. The lowest BCUT2D eigenvalue weighted by molar-refractivity contribution is 0.437. The van der Waals surface area contributed by atoms with E-state index in [-0.39, 0.29) is 0 Å². The lowest BCUT2D eigenvalue weighted by Gasteiger charge is -2.12. The highest BCUT2D eigenvalue weighted by molar-refractivity contribution is 7.99. The Morgan fingerprint density at radius 1 is 1.04 bits per heavy atom. The third-order valence-corrected chi connectivity index (χ3v) is 7.88. The van der Waals surface area contributed by atoms with Gasteiger partial charge in [-0.15, -0.1) is 11.8 Å². The zero-order chi connectivity index (χ0) is 20.5. The molecule has 1 aromatic heterocycles. The Kier molecular flexibility index (Phi) is 6.22. The molecule has 0 spiro atoms. The van der Waals surface area contributed by atoms with Gasteiger partial charge in [0.1, 0.15) is 0 Å². The van der Waals surface area contributed by atoms with E-state index in [1.807, 2.05) is 57.4 Å². The zero-order valence-electron chi connectivity index (χ0n) is 17.1. The van der Waals surface area contributed by atoms with Crippen LogP contribution in [0.1, 0.15) is 31.0 Å². The van der Waals surface area contributed by atoms with Crippen LogP contribution in [-0.2, 0) is 10.0 Å². The molecule has 0 fully saturated rings. The summed E-state index contributed by atoms with van der Waals surface area (Å²) < 4.78 is 28.5. The molecule has 0 atom stereocenters. The van der Waals surface area contributed by atoms with Crippen molar-refractivity contribution in [3.63, 3.8) is 0 Å². The first-order valence-corrected chi connectivity index (χ1v) is 11.9. The summed E-state index contributed by atoms with van der Waals surface area (Å²) in [6.45, 7) is 7.04. The molecular weight excluding hydrogens is 388 g/mol. The number of rotatable bonds is 7. The monoisotopic (exact) mass is 416 g/mol. The Morgan fingerprint density at radius 2 is 1.68 bits per heavy atom. The average Bonchev–Trinajstić information content (AvgIpc) is 2.94. The number of fused-ring (bicyclic) bond motifs is 1. The number of aromatic nitrogens is 1. The summed E-state index contributed by atoms with van der Waals surface area (Å²) in [6, 6.07) is 15.0. The Balaban J connectivity index is 2.10. The highest BCUT2D eigenvalue weighted by Gasteiger charge is 2.25. The van der Waals surface area contributed by atoms with Crippen molar-refractivity contribution >= 4 is 32.7 Å². The number of para-hydroxylation sites is 1. The second-order valence-electron chi connectivity index (χ2n) is 7.58. The van der Waals surface area contributed by atoms with E-state index in [9.17, 15) is 8.42 Å². The number of benzene rings is 2. The predicted molar refractivity (Wildman–Crippen MR) is 119 cm³/mol. The summed E-state index contributed by atoms with van der Waals surface area (Å²) >= 11 is 1.72. The maximum absolute atomic E-state index is 13.5. The van der Waals surface area contributed by atoms with Crippen LogP contribution in [-0.4, -0.2) is 43.7 Å². The van der Waals surface area contributed by atoms with Crippen molar-refractivity contribution in [1.82, 2.24) is 8.87 Å². The van der Waals surface area contributed by atoms with E-state index >= 15 is 0 Å². The minimum Gasteiger partial charge on any atom is -0.309 e. The van der Waals surface area contributed by atoms with Gasteiger partial charge >= 0.3 is 0 Å². The lowest BCUT2D eigenvalue weighted by Crippen LogP contribution is -2.15. The van der Waals surface area contributed by atoms with E-state index in [4.69, 9.17) is 0 Å². The molecule has 0 unspecified atom stereocenters. The first-order valence-electron chi connectivity index (χ1n) is 9.46. The van der Waals surface area contributed by atoms with Gasteiger partial charge in [0.05, 0.1) is 10.4 Å². The first-order chi connectivity index (χ1) is 13.2. The average molecular weight is 417 g/mol. The van der Waals surface area contributed by atoms with E-state index in [0.29, 0.717) is 10.8 Å². The molecule has 1 heterocycles. The Hall–Kier alpha value is -1.76. The Labute approximate surface area is 172 Å². The van der Waals surface area contributed by atoms with Crippen LogP contribution in [0.15, 0.2) is 58.3 Å². The summed E-state index contributed by atoms with van der Waals surface area (Å²) in [5.41, 5.74) is 2.64. The minimum absolute atomic E-state index is 0.325. The van der Waals surface area contributed by atoms with Gasteiger partial charge in [0.2, 0.25) is 0 Å². The van der Waals surface area contributed by atoms with Crippen LogP contribution in [0.5, 0.6) is 0 Å². The van der Waals surface area contributed by atoms with Crippen LogP contribution >= 0.6 is 11.8 Å². The fraction of sp³-hybridized carbons (Fsp3) is 0.364. The van der Waals surface area contributed by atoms with E-state index < -0.39 is 10.0 Å². The molecule has 150 valence electrons. The molecule has 0 N–H and O–H groups in total. The van der Waals surface area contributed by atoms with Crippen LogP contribution in [0.2, 0.25) is 0 Å². The van der Waals surface area contributed by atoms with E-state index in [1.165, 1.54) is 3.97 Å². The molecule has 0 aliphatic rings. The van der Waals surface area contributed by atoms with Crippen LogP contribution in [0.3, 0.4) is 0 Å². The van der Waals surface area contributed by atoms with Crippen molar-refractivity contribution < 1.29 is 8.42 Å². The van der Waals surface area contributed by atoms with Crippen molar-refractivity contribution in [2.24, 2.45) is 0 Å². The number of hydrogen-bond acceptors (Lipinski definition) is 4. The van der Waals surface area contributed by atoms with Gasteiger partial charge in [-0.3, -0.25) is 0 Å². The lowest BCUT2D eigenvalue weighted by atomic mass is 10.0. The minimum atomic E-state index is -3.67. The van der Waals surface area contributed by atoms with Crippen molar-refractivity contribution in [1.29, 1.82) is 0 Å². The molecule has 3 rings (SSSR count). The molecule has 0 aliphatic carbocycles. The van der Waals surface area contributed by atoms with Gasteiger partial charge in [-0.05, 0) is 50.7 Å². The molecule has 2 aromatic carbocycles. The number of hydrogen-bond donors (Lipinski definition) is 0. The van der Waals surface area contributed by atoms with E-state index in [2.05, 4.69) is 18.7 Å². The van der Waals surface area contributed by atoms with Gasteiger partial charge in [0, 0.05) is 28.3 Å². The SMILES string of the molecule is Cc1c(SCCN(C)C)c2ccccc2n1S(=O)(=O)c1ccc(C(C)C)cc1. The largest absolute Gasteiger partial charge is 0.309 e. The van der Waals surface area contributed by atoms with Crippen LogP contribution in [0, 0.1) is 6.92 Å². The van der Waals surface area contributed by atoms with E-state index in [0.717, 1.165) is 39.4 Å². The third kappa shape index (κ3) is 4.00. The zero-order valence-corrected chi connectivity index (χ0v) is 18.8. The second kappa shape index (κ2) is 8.31. The number of thioether (sulfide) groups is 1. The molecule has 6 heteroatoms. The molecule has 3 aromatic rings. The topological polar surface area (TPSA) is 42.3 Å². The summed E-state index contributed by atoms with van der Waals surface area (Å²) in [6.07, 6.45) is 0. The van der Waals surface area contributed by atoms with Gasteiger partial charge in [0.15, 0.2) is 0 Å². The highest BCUT2D eigenvalue weighted by Crippen LogP contribution is 2.36. The van der Waals surface area contributed by atoms with Gasteiger partial charge in [-0.1, -0.05) is 44.2 Å². The second-order valence-corrected chi connectivity index (χ2v) is 10.5. The molecule has 0 radical (unpaired) electrons. The summed E-state index contributed by atoms with van der Waals surface area (Å²) in [5.74, 6) is 1.27. The first kappa shape index (κ1) is 21.0. The Morgan fingerprint density at radius 3 is 2.29 bits per heavy atom. The molecule has 28 heavy (non-hydrogen) atoms. The molecule has 0 bridgehead atoms. The maximum atomic E-state index is 13.5. The van der Waals surface area contributed by atoms with Crippen LogP contribution in [0.4, 0.5) is 0 Å². The predicted octanol–water partition coefficient (Wildman–Crippen LogP) is 4.96. The molecule has 0 saturated carbocycles. The number of nitrogens with zero attached hydrogens (tertiary/aromatic N) is 2.